The number of para-hydroxylation sites is 1. The van der Waals surface area contributed by atoms with E-state index in [2.05, 4.69) is 10.3 Å². The molecule has 51 heavy (non-hydrogen) atoms. The molecule has 3 amide bonds. The topological polar surface area (TPSA) is 98.0 Å². The molecule has 1 aliphatic rings. The highest BCUT2D eigenvalue weighted by atomic mass is 35.5. The molecule has 0 saturated heterocycles. The number of hydrogen-bond acceptors (Lipinski definition) is 5. The van der Waals surface area contributed by atoms with Crippen LogP contribution in [0.3, 0.4) is 0 Å². The average Bonchev–Trinajstić information content (AvgIpc) is 3.49. The first-order chi connectivity index (χ1) is 23.9. The Morgan fingerprint density at radius 1 is 1.02 bits per heavy atom. The highest BCUT2D eigenvalue weighted by Gasteiger charge is 2.48. The lowest BCUT2D eigenvalue weighted by Crippen LogP contribution is -2.58. The van der Waals surface area contributed by atoms with Crippen molar-refractivity contribution in [2.24, 2.45) is 5.92 Å². The number of aromatic nitrogens is 1. The third-order valence-electron chi connectivity index (χ3n) is 8.60. The van der Waals surface area contributed by atoms with Crippen LogP contribution in [-0.2, 0) is 33.6 Å². The maximum absolute atomic E-state index is 14.9. The molecule has 3 atom stereocenters. The number of benzene rings is 3. The lowest BCUT2D eigenvalue weighted by molar-refractivity contribution is -0.233. The van der Waals surface area contributed by atoms with Gasteiger partial charge in [-0.25, -0.2) is 9.59 Å². The Balaban J connectivity index is 1.59. The van der Waals surface area contributed by atoms with Gasteiger partial charge in [-0.2, -0.15) is 26.3 Å². The summed E-state index contributed by atoms with van der Waals surface area (Å²) in [6.45, 7) is 1.67. The van der Waals surface area contributed by atoms with Crippen molar-refractivity contribution < 1.29 is 45.6 Å². The Morgan fingerprint density at radius 2 is 1.71 bits per heavy atom. The highest BCUT2D eigenvalue weighted by molar-refractivity contribution is 6.30. The molecule has 0 saturated carbocycles. The predicted octanol–water partition coefficient (Wildman–Crippen LogP) is 7.31. The van der Waals surface area contributed by atoms with Gasteiger partial charge in [-0.3, -0.25) is 4.79 Å². The van der Waals surface area contributed by atoms with Gasteiger partial charge in [-0.15, -0.1) is 5.06 Å². The number of carbonyl (C=O) groups excluding carboxylic acids is 3. The molecular weight excluding hydrogens is 704 g/mol. The summed E-state index contributed by atoms with van der Waals surface area (Å²) in [5.74, 6) is -4.85. The van der Waals surface area contributed by atoms with Gasteiger partial charge in [-0.1, -0.05) is 48.9 Å². The number of carbonyl (C=O) groups is 3. The SMILES string of the molecule is CC(c1c[nH]c2ccccc12)C(C(=O)N1C[C@@H](CN(C)C)Cc2cc(Cl)ccc21)N(OC(=O)C(F)(F)F)C(=O)NCc1ccc(C(F)(F)F)cc1. The zero-order valence-electron chi connectivity index (χ0n) is 27.6. The molecular formula is C35H34ClF6N5O4. The first kappa shape index (κ1) is 37.5. The third kappa shape index (κ3) is 8.59. The number of hydroxylamine groups is 2. The number of nitrogens with one attached hydrogen (secondary N) is 2. The molecule has 0 aliphatic carbocycles. The molecule has 5 rings (SSSR count). The average molecular weight is 738 g/mol. The Kier molecular flexibility index (Phi) is 10.9. The van der Waals surface area contributed by atoms with Crippen LogP contribution in [0.25, 0.3) is 10.9 Å². The molecule has 0 bridgehead atoms. The van der Waals surface area contributed by atoms with Crippen molar-refractivity contribution in [3.05, 3.63) is 100 Å². The summed E-state index contributed by atoms with van der Waals surface area (Å²) in [5, 5.41) is 3.40. The van der Waals surface area contributed by atoms with E-state index >= 15 is 0 Å². The summed E-state index contributed by atoms with van der Waals surface area (Å²) < 4.78 is 80.5. The number of urea groups is 1. The number of rotatable bonds is 8. The van der Waals surface area contributed by atoms with Crippen LogP contribution in [0.2, 0.25) is 5.02 Å². The minimum Gasteiger partial charge on any atom is -0.361 e. The lowest BCUT2D eigenvalue weighted by Gasteiger charge is -2.40. The van der Waals surface area contributed by atoms with Crippen LogP contribution < -0.4 is 10.2 Å². The number of hydrogen-bond donors (Lipinski definition) is 2. The number of alkyl halides is 6. The molecule has 2 heterocycles. The van der Waals surface area contributed by atoms with Crippen LogP contribution in [0.1, 0.15) is 35.1 Å². The predicted molar refractivity (Wildman–Crippen MR) is 178 cm³/mol. The van der Waals surface area contributed by atoms with E-state index in [1.807, 2.05) is 19.0 Å². The van der Waals surface area contributed by atoms with Crippen molar-refractivity contribution in [2.75, 3.05) is 32.1 Å². The van der Waals surface area contributed by atoms with Crippen molar-refractivity contribution in [3.8, 4) is 0 Å². The van der Waals surface area contributed by atoms with Gasteiger partial charge in [0.05, 0.1) is 5.56 Å². The van der Waals surface area contributed by atoms with Gasteiger partial charge in [0.25, 0.3) is 5.91 Å². The van der Waals surface area contributed by atoms with Crippen molar-refractivity contribution in [3.63, 3.8) is 0 Å². The quantitative estimate of drug-likeness (QED) is 0.146. The van der Waals surface area contributed by atoms with E-state index in [0.29, 0.717) is 45.7 Å². The molecule has 2 unspecified atom stereocenters. The van der Waals surface area contributed by atoms with Gasteiger partial charge >= 0.3 is 24.4 Å². The molecule has 16 heteroatoms. The summed E-state index contributed by atoms with van der Waals surface area (Å²) >= 11 is 6.30. The van der Waals surface area contributed by atoms with Crippen LogP contribution in [0.15, 0.2) is 72.9 Å². The fraction of sp³-hybridized carbons (Fsp3) is 0.343. The van der Waals surface area contributed by atoms with E-state index in [9.17, 15) is 40.7 Å². The number of anilines is 1. The largest absolute Gasteiger partial charge is 0.493 e. The maximum atomic E-state index is 14.9. The van der Waals surface area contributed by atoms with E-state index in [0.717, 1.165) is 24.3 Å². The van der Waals surface area contributed by atoms with Gasteiger partial charge in [0.2, 0.25) is 0 Å². The molecule has 1 aromatic heterocycles. The maximum Gasteiger partial charge on any atom is 0.493 e. The van der Waals surface area contributed by atoms with Crippen molar-refractivity contribution in [2.45, 2.75) is 44.2 Å². The minimum absolute atomic E-state index is 0.0832. The molecule has 1 aliphatic heterocycles. The Morgan fingerprint density at radius 3 is 2.35 bits per heavy atom. The summed E-state index contributed by atoms with van der Waals surface area (Å²) in [5.41, 5.74) is 1.39. The first-order valence-electron chi connectivity index (χ1n) is 15.8. The Hall–Kier alpha value is -4.76. The molecule has 3 aromatic carbocycles. The summed E-state index contributed by atoms with van der Waals surface area (Å²) in [6.07, 6.45) is -8.10. The minimum atomic E-state index is -5.56. The van der Waals surface area contributed by atoms with Crippen molar-refractivity contribution in [1.29, 1.82) is 0 Å². The van der Waals surface area contributed by atoms with Crippen LogP contribution in [0.5, 0.6) is 0 Å². The summed E-state index contributed by atoms with van der Waals surface area (Å²) in [4.78, 5) is 52.2. The third-order valence-corrected chi connectivity index (χ3v) is 8.84. The van der Waals surface area contributed by atoms with Crippen LogP contribution >= 0.6 is 11.6 Å². The summed E-state index contributed by atoms with van der Waals surface area (Å²) in [7, 11) is 3.70. The standard InChI is InChI=1S/C35H34ClF6N5O4/c1-20(27-17-43-28-7-5-4-6-26(27)28)30(31(48)46-19-22(18-45(2)3)14-23-15-25(36)12-13-29(23)46)47(51-32(49)35(40,41)42)33(50)44-16-21-8-10-24(11-9-21)34(37,38)39/h4-13,15,17,20,22,30,43H,14,16,18-19H2,1-3H3,(H,44,50)/t20?,22-,30?/m1/s1. The van der Waals surface area contributed by atoms with E-state index in [4.69, 9.17) is 16.4 Å². The Bertz CT molecular complexity index is 1900. The van der Waals surface area contributed by atoms with Gasteiger partial charge < -0.3 is 24.9 Å². The summed E-state index contributed by atoms with van der Waals surface area (Å²) in [6, 6.07) is 12.2. The zero-order chi connectivity index (χ0) is 37.2. The molecule has 4 aromatic rings. The smallest absolute Gasteiger partial charge is 0.361 e. The van der Waals surface area contributed by atoms with Crippen LogP contribution in [-0.4, -0.2) is 72.3 Å². The van der Waals surface area contributed by atoms with Crippen molar-refractivity contribution in [1.82, 2.24) is 20.3 Å². The van der Waals surface area contributed by atoms with E-state index in [1.165, 1.54) is 11.8 Å². The van der Waals surface area contributed by atoms with Gasteiger partial charge in [0, 0.05) is 53.4 Å². The fourth-order valence-electron chi connectivity index (χ4n) is 6.31. The number of fused-ring (bicyclic) bond motifs is 2. The van der Waals surface area contributed by atoms with E-state index in [1.54, 1.807) is 48.7 Å². The fourth-order valence-corrected chi connectivity index (χ4v) is 6.51. The highest BCUT2D eigenvalue weighted by Crippen LogP contribution is 2.37. The normalized spacial score (nSPS) is 16.1. The second kappa shape index (κ2) is 14.8. The number of aromatic amines is 1. The van der Waals surface area contributed by atoms with E-state index in [-0.39, 0.29) is 23.1 Å². The van der Waals surface area contributed by atoms with Crippen molar-refractivity contribution >= 4 is 46.1 Å². The number of nitrogens with zero attached hydrogens (tertiary/aromatic N) is 3. The number of halogens is 7. The van der Waals surface area contributed by atoms with Crippen LogP contribution in [0, 0.1) is 5.92 Å². The van der Waals surface area contributed by atoms with Gasteiger partial charge in [0.1, 0.15) is 0 Å². The molecule has 9 nitrogen and oxygen atoms in total. The first-order valence-corrected chi connectivity index (χ1v) is 16.1. The second-order valence-electron chi connectivity index (χ2n) is 12.6. The molecule has 272 valence electrons. The number of amides is 3. The van der Waals surface area contributed by atoms with Crippen LogP contribution in [0.4, 0.5) is 36.8 Å². The lowest BCUT2D eigenvalue weighted by atomic mass is 9.88. The molecule has 2 N–H and O–H groups in total. The molecule has 0 spiro atoms. The molecule has 0 fully saturated rings. The monoisotopic (exact) mass is 737 g/mol. The molecule has 0 radical (unpaired) electrons. The van der Waals surface area contributed by atoms with E-state index < -0.39 is 54.3 Å². The number of H-pyrrole nitrogens is 1. The second-order valence-corrected chi connectivity index (χ2v) is 13.1. The van der Waals surface area contributed by atoms with Gasteiger partial charge in [0.15, 0.2) is 6.04 Å². The van der Waals surface area contributed by atoms with Gasteiger partial charge in [-0.05, 0) is 79.5 Å². The zero-order valence-corrected chi connectivity index (χ0v) is 28.4. The Labute approximate surface area is 294 Å².